The number of nitrogens with zero attached hydrogens (tertiary/aromatic N) is 4. The van der Waals surface area contributed by atoms with Crippen molar-refractivity contribution < 1.29 is 23.3 Å². The molecule has 2 aliphatic heterocycles. The van der Waals surface area contributed by atoms with Gasteiger partial charge in [0.2, 0.25) is 0 Å². The summed E-state index contributed by atoms with van der Waals surface area (Å²) >= 11 is 0. The van der Waals surface area contributed by atoms with E-state index in [0.29, 0.717) is 37.0 Å². The second kappa shape index (κ2) is 14.6. The highest BCUT2D eigenvalue weighted by Gasteiger charge is 2.44. The van der Waals surface area contributed by atoms with E-state index in [0.717, 1.165) is 63.1 Å². The first kappa shape index (κ1) is 35.4. The van der Waals surface area contributed by atoms with Crippen molar-refractivity contribution in [2.45, 2.75) is 83.8 Å². The summed E-state index contributed by atoms with van der Waals surface area (Å²) in [7, 11) is -1.74. The van der Waals surface area contributed by atoms with Crippen LogP contribution in [-0.2, 0) is 33.0 Å². The molecule has 51 heavy (non-hydrogen) atoms. The fourth-order valence-corrected chi connectivity index (χ4v) is 10.5. The number of carbonyl (C=O) groups is 2. The van der Waals surface area contributed by atoms with E-state index in [4.69, 9.17) is 9.47 Å². The fourth-order valence-electron chi connectivity index (χ4n) is 8.56. The SMILES string of the molecule is CCCn1cc(C(=O)NS2(=O)=NC(=O)c3ccc4c(c3)N(C[C@@H]3CC[C@H]3[C@@H](OC)/C=C/C[C@H](C)C2)C[C@@]2(CCCc3cc(C)ccc32)CO4)cn1. The Hall–Kier alpha value is -3.96. The molecule has 3 heterocycles. The molecule has 2 aromatic carbocycles. The number of hydrogen-bond donors (Lipinski definition) is 1. The highest BCUT2D eigenvalue weighted by molar-refractivity contribution is 7.92. The average molecular weight is 714 g/mol. The molecule has 4 aliphatic rings. The van der Waals surface area contributed by atoms with Gasteiger partial charge in [-0.3, -0.25) is 19.0 Å². The molecule has 1 aromatic heterocycles. The molecule has 2 bridgehead atoms. The highest BCUT2D eigenvalue weighted by atomic mass is 32.2. The van der Waals surface area contributed by atoms with Crippen molar-refractivity contribution in [3.8, 4) is 5.75 Å². The number of nitrogens with one attached hydrogen (secondary N) is 1. The third-order valence-corrected chi connectivity index (χ3v) is 13.3. The minimum atomic E-state index is -3.51. The Kier molecular flexibility index (Phi) is 10.1. The van der Waals surface area contributed by atoms with Crippen molar-refractivity contribution >= 4 is 27.4 Å². The number of methoxy groups -OCH3 is 1. The summed E-state index contributed by atoms with van der Waals surface area (Å²) in [6.45, 7) is 8.92. The number of aromatic nitrogens is 2. The van der Waals surface area contributed by atoms with E-state index in [1.807, 2.05) is 26.0 Å². The molecular weight excluding hydrogens is 663 g/mol. The average Bonchev–Trinajstić information content (AvgIpc) is 3.50. The van der Waals surface area contributed by atoms with Gasteiger partial charge in [-0.2, -0.15) is 5.10 Å². The van der Waals surface area contributed by atoms with Crippen LogP contribution < -0.4 is 14.4 Å². The van der Waals surface area contributed by atoms with Gasteiger partial charge in [0.15, 0.2) is 0 Å². The molecule has 2 amide bonds. The van der Waals surface area contributed by atoms with Crippen LogP contribution in [0.15, 0.2) is 65.3 Å². The van der Waals surface area contributed by atoms with E-state index in [2.05, 4.69) is 56.4 Å². The fraction of sp³-hybridized carbons (Fsp3) is 0.525. The van der Waals surface area contributed by atoms with Gasteiger partial charge in [-0.1, -0.05) is 49.8 Å². The Balaban J connectivity index is 1.29. The van der Waals surface area contributed by atoms with E-state index >= 15 is 0 Å². The van der Waals surface area contributed by atoms with Crippen LogP contribution in [0.1, 0.15) is 89.8 Å². The smallest absolute Gasteiger partial charge is 0.286 e. The van der Waals surface area contributed by atoms with E-state index in [9.17, 15) is 13.8 Å². The number of carbonyl (C=O) groups excluding carboxylic acids is 2. The molecule has 3 aromatic rings. The van der Waals surface area contributed by atoms with Crippen molar-refractivity contribution in [2.75, 3.05) is 37.5 Å². The predicted molar refractivity (Wildman–Crippen MR) is 200 cm³/mol. The number of anilines is 1. The van der Waals surface area contributed by atoms with E-state index in [1.54, 1.807) is 24.1 Å². The van der Waals surface area contributed by atoms with Crippen LogP contribution in [0, 0.1) is 24.7 Å². The van der Waals surface area contributed by atoms with Crippen LogP contribution in [0.2, 0.25) is 0 Å². The summed E-state index contributed by atoms with van der Waals surface area (Å²) in [5.41, 5.74) is 5.27. The molecule has 272 valence electrons. The highest BCUT2D eigenvalue weighted by Crippen LogP contribution is 2.47. The molecule has 11 heteroatoms. The molecule has 0 radical (unpaired) electrons. The van der Waals surface area contributed by atoms with Gasteiger partial charge < -0.3 is 14.4 Å². The Morgan fingerprint density at radius 2 is 2.06 bits per heavy atom. The first-order valence-corrected chi connectivity index (χ1v) is 20.2. The molecule has 1 saturated carbocycles. The maximum Gasteiger partial charge on any atom is 0.286 e. The zero-order valence-electron chi connectivity index (χ0n) is 30.3. The van der Waals surface area contributed by atoms with E-state index in [-0.39, 0.29) is 28.8 Å². The zero-order chi connectivity index (χ0) is 35.8. The normalized spacial score (nSPS) is 29.8. The molecule has 6 atom stereocenters. The lowest BCUT2D eigenvalue weighted by molar-refractivity contribution is 0.0131. The van der Waals surface area contributed by atoms with Crippen molar-refractivity contribution in [3.05, 3.63) is 88.8 Å². The van der Waals surface area contributed by atoms with Gasteiger partial charge in [0.1, 0.15) is 15.7 Å². The molecule has 10 nitrogen and oxygen atoms in total. The first-order valence-electron chi connectivity index (χ1n) is 18.5. The number of allylic oxidation sites excluding steroid dienone is 1. The lowest BCUT2D eigenvalue weighted by atomic mass is 9.68. The quantitative estimate of drug-likeness (QED) is 0.294. The van der Waals surface area contributed by atoms with Crippen LogP contribution in [0.4, 0.5) is 5.69 Å². The molecule has 2 aliphatic carbocycles. The monoisotopic (exact) mass is 713 g/mol. The molecular formula is C40H51N5O5S. The number of benzene rings is 2. The Morgan fingerprint density at radius 3 is 2.84 bits per heavy atom. The number of ether oxygens (including phenoxy) is 2. The van der Waals surface area contributed by atoms with Gasteiger partial charge in [0.05, 0.1) is 35.9 Å². The lowest BCUT2D eigenvalue weighted by Gasteiger charge is -2.46. The number of hydrogen-bond acceptors (Lipinski definition) is 7. The summed E-state index contributed by atoms with van der Waals surface area (Å²) in [5, 5.41) is 4.25. The molecule has 1 fully saturated rings. The number of fused-ring (bicyclic) bond motifs is 4. The van der Waals surface area contributed by atoms with Crippen molar-refractivity contribution in [1.29, 1.82) is 0 Å². The van der Waals surface area contributed by atoms with Gasteiger partial charge in [-0.25, -0.2) is 4.21 Å². The van der Waals surface area contributed by atoms with Crippen molar-refractivity contribution in [3.63, 3.8) is 0 Å². The first-order chi connectivity index (χ1) is 24.6. The molecule has 0 saturated heterocycles. The molecule has 7 rings (SSSR count). The van der Waals surface area contributed by atoms with Gasteiger partial charge in [0, 0.05) is 43.9 Å². The second-order valence-corrected chi connectivity index (χ2v) is 17.2. The van der Waals surface area contributed by atoms with Gasteiger partial charge in [-0.05, 0) is 98.9 Å². The summed E-state index contributed by atoms with van der Waals surface area (Å²) < 4.78 is 35.9. The van der Waals surface area contributed by atoms with Crippen LogP contribution in [-0.4, -0.2) is 64.5 Å². The van der Waals surface area contributed by atoms with Crippen LogP contribution >= 0.6 is 0 Å². The van der Waals surface area contributed by atoms with Crippen LogP contribution in [0.25, 0.3) is 0 Å². The van der Waals surface area contributed by atoms with E-state index in [1.165, 1.54) is 22.9 Å². The largest absolute Gasteiger partial charge is 0.490 e. The van der Waals surface area contributed by atoms with Crippen LogP contribution in [0.3, 0.4) is 0 Å². The summed E-state index contributed by atoms with van der Waals surface area (Å²) in [5.74, 6) is 0.188. The molecule has 1 N–H and O–H groups in total. The van der Waals surface area contributed by atoms with Gasteiger partial charge >= 0.3 is 0 Å². The second-order valence-electron chi connectivity index (χ2n) is 15.2. The third kappa shape index (κ3) is 7.37. The molecule has 1 unspecified atom stereocenters. The van der Waals surface area contributed by atoms with Crippen LogP contribution in [0.5, 0.6) is 5.75 Å². The lowest BCUT2D eigenvalue weighted by Crippen LogP contribution is -2.49. The van der Waals surface area contributed by atoms with E-state index < -0.39 is 21.7 Å². The molecule has 1 spiro atoms. The van der Waals surface area contributed by atoms with Gasteiger partial charge in [0.25, 0.3) is 11.8 Å². The standard InChI is InChI=1S/C40H51N5O5S/c1-5-18-45-23-32(21-41-45)39(47)43-51(48)24-28(3)8-6-10-36(49-4)33-14-12-31(33)22-44-25-40(17-7-9-29-19-27(2)11-15-34(29)40)26-50-37-16-13-30(20-35(37)44)38(46)42-51/h6,10-11,13,15-16,19-21,23,28,31,33,36H,5,7-9,12,14,17-18,22,24-26H2,1-4H3,(H,42,43,46,47,48)/b10-6+/t28-,31-,33+,36-,40-,51?/m0/s1. The predicted octanol–water partition coefficient (Wildman–Crippen LogP) is 6.67. The Morgan fingerprint density at radius 1 is 1.20 bits per heavy atom. The summed E-state index contributed by atoms with van der Waals surface area (Å²) in [6, 6.07) is 12.3. The topological polar surface area (TPSA) is 115 Å². The Labute approximate surface area is 302 Å². The number of amides is 2. The minimum Gasteiger partial charge on any atom is -0.490 e. The summed E-state index contributed by atoms with van der Waals surface area (Å²) in [4.78, 5) is 29.8. The zero-order valence-corrected chi connectivity index (χ0v) is 31.1. The Bertz CT molecular complexity index is 1950. The minimum absolute atomic E-state index is 0.0171. The number of aryl methyl sites for hydroxylation is 3. The van der Waals surface area contributed by atoms with Gasteiger partial charge in [-0.15, -0.1) is 4.36 Å². The summed E-state index contributed by atoms with van der Waals surface area (Å²) in [6.07, 6.45) is 14.1. The maximum absolute atomic E-state index is 14.5. The maximum atomic E-state index is 14.5. The van der Waals surface area contributed by atoms with Crippen molar-refractivity contribution in [1.82, 2.24) is 14.5 Å². The van der Waals surface area contributed by atoms with Crippen molar-refractivity contribution in [2.24, 2.45) is 22.1 Å². The number of rotatable bonds is 5. The third-order valence-electron chi connectivity index (χ3n) is 11.3.